The SMILES string of the molecule is COc1ccc(N(c2ccc(OC)cc2)c2ccccc2O)cc1. The highest BCUT2D eigenvalue weighted by molar-refractivity contribution is 5.80. The third-order valence-corrected chi connectivity index (χ3v) is 3.78. The van der Waals surface area contributed by atoms with Crippen LogP contribution >= 0.6 is 0 Å². The number of benzene rings is 3. The Balaban J connectivity index is 2.10. The van der Waals surface area contributed by atoms with Crippen molar-refractivity contribution in [3.8, 4) is 17.2 Å². The number of phenols is 1. The first-order valence-electron chi connectivity index (χ1n) is 7.59. The van der Waals surface area contributed by atoms with Crippen molar-refractivity contribution in [1.82, 2.24) is 0 Å². The number of rotatable bonds is 5. The third kappa shape index (κ3) is 3.13. The molecule has 3 aromatic carbocycles. The maximum Gasteiger partial charge on any atom is 0.139 e. The molecular weight excluding hydrogens is 302 g/mol. The molecule has 0 heterocycles. The molecule has 0 amide bonds. The number of anilines is 3. The van der Waals surface area contributed by atoms with Gasteiger partial charge in [-0.3, -0.25) is 0 Å². The van der Waals surface area contributed by atoms with E-state index in [9.17, 15) is 5.11 Å². The van der Waals surface area contributed by atoms with Gasteiger partial charge in [0.25, 0.3) is 0 Å². The van der Waals surface area contributed by atoms with E-state index in [0.29, 0.717) is 5.69 Å². The molecule has 4 nitrogen and oxygen atoms in total. The van der Waals surface area contributed by atoms with Crippen molar-refractivity contribution in [3.05, 3.63) is 72.8 Å². The Kier molecular flexibility index (Phi) is 4.57. The fraction of sp³-hybridized carbons (Fsp3) is 0.100. The van der Waals surface area contributed by atoms with Crippen molar-refractivity contribution >= 4 is 17.1 Å². The topological polar surface area (TPSA) is 41.9 Å². The number of nitrogens with zero attached hydrogens (tertiary/aromatic N) is 1. The molecule has 0 spiro atoms. The van der Waals surface area contributed by atoms with E-state index in [4.69, 9.17) is 9.47 Å². The molecule has 0 aliphatic carbocycles. The van der Waals surface area contributed by atoms with Gasteiger partial charge in [0.1, 0.15) is 17.2 Å². The number of aromatic hydroxyl groups is 1. The second-order valence-corrected chi connectivity index (χ2v) is 5.22. The van der Waals surface area contributed by atoms with Crippen molar-refractivity contribution in [2.24, 2.45) is 0 Å². The Morgan fingerprint density at radius 3 is 1.54 bits per heavy atom. The first-order chi connectivity index (χ1) is 11.7. The van der Waals surface area contributed by atoms with Gasteiger partial charge in [0.05, 0.1) is 19.9 Å². The van der Waals surface area contributed by atoms with Gasteiger partial charge < -0.3 is 19.5 Å². The zero-order valence-electron chi connectivity index (χ0n) is 13.6. The molecule has 0 bridgehead atoms. The van der Waals surface area contributed by atoms with Crippen molar-refractivity contribution in [3.63, 3.8) is 0 Å². The lowest BCUT2D eigenvalue weighted by atomic mass is 10.1. The van der Waals surface area contributed by atoms with Crippen LogP contribution in [-0.2, 0) is 0 Å². The van der Waals surface area contributed by atoms with E-state index in [0.717, 1.165) is 22.9 Å². The molecular formula is C20H19NO3. The summed E-state index contributed by atoms with van der Waals surface area (Å²) >= 11 is 0. The molecule has 0 saturated heterocycles. The zero-order valence-corrected chi connectivity index (χ0v) is 13.6. The summed E-state index contributed by atoms with van der Waals surface area (Å²) in [4.78, 5) is 1.98. The lowest BCUT2D eigenvalue weighted by molar-refractivity contribution is 0.415. The van der Waals surface area contributed by atoms with E-state index >= 15 is 0 Å². The van der Waals surface area contributed by atoms with Crippen LogP contribution in [0.25, 0.3) is 0 Å². The van der Waals surface area contributed by atoms with Crippen molar-refractivity contribution in [1.29, 1.82) is 0 Å². The Bertz CT molecular complexity index is 750. The molecule has 0 unspecified atom stereocenters. The Hall–Kier alpha value is -3.14. The van der Waals surface area contributed by atoms with Crippen LogP contribution in [0.3, 0.4) is 0 Å². The Morgan fingerprint density at radius 2 is 1.12 bits per heavy atom. The van der Waals surface area contributed by atoms with Gasteiger partial charge in [-0.1, -0.05) is 12.1 Å². The summed E-state index contributed by atoms with van der Waals surface area (Å²) in [5.74, 6) is 1.78. The molecule has 0 saturated carbocycles. The van der Waals surface area contributed by atoms with E-state index in [1.165, 1.54) is 0 Å². The van der Waals surface area contributed by atoms with Gasteiger partial charge in [-0.15, -0.1) is 0 Å². The molecule has 0 aromatic heterocycles. The predicted octanol–water partition coefficient (Wildman–Crippen LogP) is 4.88. The largest absolute Gasteiger partial charge is 0.506 e. The first-order valence-corrected chi connectivity index (χ1v) is 7.59. The number of hydrogen-bond donors (Lipinski definition) is 1. The van der Waals surface area contributed by atoms with Crippen LogP contribution in [0.2, 0.25) is 0 Å². The third-order valence-electron chi connectivity index (χ3n) is 3.78. The molecule has 0 aliphatic rings. The van der Waals surface area contributed by atoms with Crippen LogP contribution < -0.4 is 14.4 Å². The summed E-state index contributed by atoms with van der Waals surface area (Å²) < 4.78 is 10.5. The number of methoxy groups -OCH3 is 2. The fourth-order valence-corrected chi connectivity index (χ4v) is 2.54. The molecule has 3 aromatic rings. The van der Waals surface area contributed by atoms with Gasteiger partial charge in [-0.05, 0) is 60.7 Å². The second-order valence-electron chi connectivity index (χ2n) is 5.22. The van der Waals surface area contributed by atoms with Crippen molar-refractivity contribution in [2.45, 2.75) is 0 Å². The standard InChI is InChI=1S/C20H19NO3/c1-23-17-11-7-15(8-12-17)21(19-5-3-4-6-20(19)22)16-9-13-18(24-2)14-10-16/h3-14,22H,1-2H3. The normalized spacial score (nSPS) is 10.2. The van der Waals surface area contributed by atoms with E-state index in [1.54, 1.807) is 26.4 Å². The van der Waals surface area contributed by atoms with Gasteiger partial charge in [-0.25, -0.2) is 0 Å². The summed E-state index contributed by atoms with van der Waals surface area (Å²) in [6, 6.07) is 22.7. The maximum absolute atomic E-state index is 10.3. The number of ether oxygens (including phenoxy) is 2. The predicted molar refractivity (Wildman–Crippen MR) is 95.9 cm³/mol. The van der Waals surface area contributed by atoms with E-state index in [-0.39, 0.29) is 5.75 Å². The second kappa shape index (κ2) is 6.96. The van der Waals surface area contributed by atoms with Gasteiger partial charge in [-0.2, -0.15) is 0 Å². The summed E-state index contributed by atoms with van der Waals surface area (Å²) in [5, 5.41) is 10.3. The van der Waals surface area contributed by atoms with Crippen molar-refractivity contribution in [2.75, 3.05) is 19.1 Å². The lowest BCUT2D eigenvalue weighted by Gasteiger charge is -2.26. The molecule has 0 atom stereocenters. The summed E-state index contributed by atoms with van der Waals surface area (Å²) in [7, 11) is 3.28. The minimum Gasteiger partial charge on any atom is -0.506 e. The number of para-hydroxylation sites is 2. The van der Waals surface area contributed by atoms with E-state index in [2.05, 4.69) is 0 Å². The number of phenolic OH excluding ortho intramolecular Hbond substituents is 1. The molecule has 4 heteroatoms. The van der Waals surface area contributed by atoms with Crippen LogP contribution in [0.1, 0.15) is 0 Å². The summed E-state index contributed by atoms with van der Waals surface area (Å²) in [6.45, 7) is 0. The molecule has 0 aliphatic heterocycles. The molecule has 122 valence electrons. The molecule has 24 heavy (non-hydrogen) atoms. The molecule has 3 rings (SSSR count). The molecule has 0 radical (unpaired) electrons. The Morgan fingerprint density at radius 1 is 0.667 bits per heavy atom. The van der Waals surface area contributed by atoms with Gasteiger partial charge in [0, 0.05) is 11.4 Å². The minimum atomic E-state index is 0.212. The van der Waals surface area contributed by atoms with E-state index < -0.39 is 0 Å². The highest BCUT2D eigenvalue weighted by atomic mass is 16.5. The van der Waals surface area contributed by atoms with Crippen LogP contribution in [-0.4, -0.2) is 19.3 Å². The minimum absolute atomic E-state index is 0.212. The average Bonchev–Trinajstić information content (AvgIpc) is 2.64. The first kappa shape index (κ1) is 15.7. The smallest absolute Gasteiger partial charge is 0.139 e. The lowest BCUT2D eigenvalue weighted by Crippen LogP contribution is -2.10. The highest BCUT2D eigenvalue weighted by Gasteiger charge is 2.15. The van der Waals surface area contributed by atoms with Crippen LogP contribution in [0, 0.1) is 0 Å². The maximum atomic E-state index is 10.3. The summed E-state index contributed by atoms with van der Waals surface area (Å²) in [6.07, 6.45) is 0. The van der Waals surface area contributed by atoms with Gasteiger partial charge in [0.2, 0.25) is 0 Å². The van der Waals surface area contributed by atoms with Crippen molar-refractivity contribution < 1.29 is 14.6 Å². The van der Waals surface area contributed by atoms with Crippen LogP contribution in [0.5, 0.6) is 17.2 Å². The zero-order chi connectivity index (χ0) is 16.9. The van der Waals surface area contributed by atoms with Gasteiger partial charge >= 0.3 is 0 Å². The molecule has 0 fully saturated rings. The summed E-state index contributed by atoms with van der Waals surface area (Å²) in [5.41, 5.74) is 2.54. The van der Waals surface area contributed by atoms with Gasteiger partial charge in [0.15, 0.2) is 0 Å². The highest BCUT2D eigenvalue weighted by Crippen LogP contribution is 2.40. The molecule has 1 N–H and O–H groups in total. The van der Waals surface area contributed by atoms with E-state index in [1.807, 2.05) is 65.6 Å². The monoisotopic (exact) mass is 321 g/mol. The quantitative estimate of drug-likeness (QED) is 0.727. The van der Waals surface area contributed by atoms with Crippen LogP contribution in [0.4, 0.5) is 17.1 Å². The average molecular weight is 321 g/mol. The Labute approximate surface area is 141 Å². The van der Waals surface area contributed by atoms with Crippen LogP contribution in [0.15, 0.2) is 72.8 Å². The fourth-order valence-electron chi connectivity index (χ4n) is 2.54. The number of hydrogen-bond acceptors (Lipinski definition) is 4.